The maximum atomic E-state index is 13.6. The van der Waals surface area contributed by atoms with E-state index in [4.69, 9.17) is 0 Å². The quantitative estimate of drug-likeness (QED) is 0.733. The van der Waals surface area contributed by atoms with Gasteiger partial charge in [0.2, 0.25) is 0 Å². The van der Waals surface area contributed by atoms with Gasteiger partial charge in [-0.2, -0.15) is 5.10 Å². The van der Waals surface area contributed by atoms with Gasteiger partial charge in [0.1, 0.15) is 17.2 Å². The molecule has 0 aliphatic carbocycles. The summed E-state index contributed by atoms with van der Waals surface area (Å²) in [5, 5.41) is 4.29. The Morgan fingerprint density at radius 1 is 1.21 bits per heavy atom. The van der Waals surface area contributed by atoms with Crippen LogP contribution < -0.4 is 0 Å². The molecule has 0 saturated carbocycles. The second-order valence-corrected chi connectivity index (χ2v) is 4.54. The zero-order chi connectivity index (χ0) is 13.7. The fourth-order valence-electron chi connectivity index (χ4n) is 2.28. The van der Waals surface area contributed by atoms with Crippen molar-refractivity contribution in [1.29, 1.82) is 0 Å². The van der Waals surface area contributed by atoms with Gasteiger partial charge < -0.3 is 4.98 Å². The topological polar surface area (TPSA) is 46.5 Å². The number of hydrogen-bond acceptors (Lipinski definition) is 2. The molecule has 3 aromatic rings. The monoisotopic (exact) mass is 262 g/mol. The van der Waals surface area contributed by atoms with E-state index in [9.17, 15) is 8.78 Å². The van der Waals surface area contributed by atoms with Gasteiger partial charge in [-0.05, 0) is 19.9 Å². The van der Waals surface area contributed by atoms with Crippen molar-refractivity contribution in [3.8, 4) is 11.4 Å². The molecule has 0 spiro atoms. The van der Waals surface area contributed by atoms with Crippen LogP contribution in [0.1, 0.15) is 11.4 Å². The third kappa shape index (κ3) is 1.71. The molecule has 0 unspecified atom stereocenters. The van der Waals surface area contributed by atoms with E-state index in [1.54, 1.807) is 4.68 Å². The summed E-state index contributed by atoms with van der Waals surface area (Å²) in [5.74, 6) is -0.792. The molecule has 1 N–H and O–H groups in total. The summed E-state index contributed by atoms with van der Waals surface area (Å²) >= 11 is 0. The molecule has 1 aromatic carbocycles. The number of benzene rings is 1. The maximum absolute atomic E-state index is 13.6. The Labute approximate surface area is 108 Å². The number of aromatic nitrogens is 4. The van der Waals surface area contributed by atoms with Gasteiger partial charge in [-0.1, -0.05) is 0 Å². The summed E-state index contributed by atoms with van der Waals surface area (Å²) in [4.78, 5) is 7.15. The number of aromatic amines is 1. The van der Waals surface area contributed by atoms with Crippen LogP contribution in [0.25, 0.3) is 22.4 Å². The van der Waals surface area contributed by atoms with E-state index in [1.807, 2.05) is 20.9 Å². The van der Waals surface area contributed by atoms with E-state index in [2.05, 4.69) is 15.1 Å². The van der Waals surface area contributed by atoms with Crippen molar-refractivity contribution >= 4 is 11.0 Å². The lowest BCUT2D eigenvalue weighted by atomic mass is 10.2. The summed E-state index contributed by atoms with van der Waals surface area (Å²) in [7, 11) is 1.83. The van der Waals surface area contributed by atoms with Gasteiger partial charge in [0.15, 0.2) is 5.82 Å². The Balaban J connectivity index is 2.29. The molecule has 0 bridgehead atoms. The highest BCUT2D eigenvalue weighted by molar-refractivity contribution is 5.80. The fourth-order valence-corrected chi connectivity index (χ4v) is 2.28. The van der Waals surface area contributed by atoms with Gasteiger partial charge in [-0.15, -0.1) is 0 Å². The van der Waals surface area contributed by atoms with Gasteiger partial charge in [0.05, 0.1) is 16.8 Å². The van der Waals surface area contributed by atoms with Gasteiger partial charge in [-0.25, -0.2) is 13.8 Å². The third-order valence-corrected chi connectivity index (χ3v) is 3.25. The molecule has 19 heavy (non-hydrogen) atoms. The maximum Gasteiger partial charge on any atom is 0.153 e. The van der Waals surface area contributed by atoms with Crippen molar-refractivity contribution in [3.05, 3.63) is 35.2 Å². The minimum Gasteiger partial charge on any atom is -0.338 e. The van der Waals surface area contributed by atoms with E-state index < -0.39 is 11.6 Å². The zero-order valence-electron chi connectivity index (χ0n) is 10.8. The van der Waals surface area contributed by atoms with Crippen molar-refractivity contribution in [2.24, 2.45) is 7.05 Å². The molecule has 2 aromatic heterocycles. The highest BCUT2D eigenvalue weighted by Gasteiger charge is 2.17. The SMILES string of the molecule is Cc1nn(C)c(C)c1-c1nc2c(F)cc(F)cc2[nH]1. The zero-order valence-corrected chi connectivity index (χ0v) is 10.8. The van der Waals surface area contributed by atoms with E-state index >= 15 is 0 Å². The van der Waals surface area contributed by atoms with Gasteiger partial charge >= 0.3 is 0 Å². The molecule has 0 radical (unpaired) electrons. The standard InChI is InChI=1S/C13H12F2N4/c1-6-11(7(2)19(3)18-6)13-16-10-5-8(14)4-9(15)12(10)17-13/h4-5H,1-3H3,(H,16,17). The van der Waals surface area contributed by atoms with Crippen molar-refractivity contribution < 1.29 is 8.78 Å². The summed E-state index contributed by atoms with van der Waals surface area (Å²) in [6, 6.07) is 2.06. The number of rotatable bonds is 1. The van der Waals surface area contributed by atoms with Crippen molar-refractivity contribution in [2.45, 2.75) is 13.8 Å². The smallest absolute Gasteiger partial charge is 0.153 e. The number of nitrogens with zero attached hydrogens (tertiary/aromatic N) is 3. The number of nitrogens with one attached hydrogen (secondary N) is 1. The third-order valence-electron chi connectivity index (χ3n) is 3.25. The predicted octanol–water partition coefficient (Wildman–Crippen LogP) is 2.86. The van der Waals surface area contributed by atoms with Crippen LogP contribution in [0, 0.1) is 25.5 Å². The molecule has 0 saturated heterocycles. The second-order valence-electron chi connectivity index (χ2n) is 4.54. The first-order chi connectivity index (χ1) is 8.97. The Hall–Kier alpha value is -2.24. The van der Waals surface area contributed by atoms with Crippen LogP contribution in [0.3, 0.4) is 0 Å². The van der Waals surface area contributed by atoms with Crippen molar-refractivity contribution in [1.82, 2.24) is 19.7 Å². The first-order valence-electron chi connectivity index (χ1n) is 5.82. The first kappa shape index (κ1) is 11.8. The number of imidazole rings is 1. The predicted molar refractivity (Wildman–Crippen MR) is 67.7 cm³/mol. The molecule has 4 nitrogen and oxygen atoms in total. The van der Waals surface area contributed by atoms with E-state index in [1.165, 1.54) is 6.07 Å². The van der Waals surface area contributed by atoms with Crippen molar-refractivity contribution in [3.63, 3.8) is 0 Å². The van der Waals surface area contributed by atoms with Crippen LogP contribution in [-0.4, -0.2) is 19.7 Å². The molecule has 0 atom stereocenters. The van der Waals surface area contributed by atoms with Gasteiger partial charge in [-0.3, -0.25) is 4.68 Å². The average molecular weight is 262 g/mol. The van der Waals surface area contributed by atoms with E-state index in [0.717, 1.165) is 23.0 Å². The molecule has 0 aliphatic rings. The number of H-pyrrole nitrogens is 1. The van der Waals surface area contributed by atoms with Gasteiger partial charge in [0.25, 0.3) is 0 Å². The summed E-state index contributed by atoms with van der Waals surface area (Å²) in [6.07, 6.45) is 0. The lowest BCUT2D eigenvalue weighted by Crippen LogP contribution is -1.92. The normalized spacial score (nSPS) is 11.4. The van der Waals surface area contributed by atoms with Crippen LogP contribution in [0.2, 0.25) is 0 Å². The lowest BCUT2D eigenvalue weighted by molar-refractivity contribution is 0.591. The largest absolute Gasteiger partial charge is 0.338 e. The molecule has 0 amide bonds. The van der Waals surface area contributed by atoms with Crippen LogP contribution >= 0.6 is 0 Å². The Bertz CT molecular complexity index is 786. The second kappa shape index (κ2) is 3.88. The van der Waals surface area contributed by atoms with Gasteiger partial charge in [0, 0.05) is 18.8 Å². The van der Waals surface area contributed by atoms with Crippen molar-refractivity contribution in [2.75, 3.05) is 0 Å². The number of hydrogen-bond donors (Lipinski definition) is 1. The highest BCUT2D eigenvalue weighted by Crippen LogP contribution is 2.27. The minimum absolute atomic E-state index is 0.138. The Kier molecular flexibility index (Phi) is 2.41. The van der Waals surface area contributed by atoms with E-state index in [0.29, 0.717) is 11.3 Å². The van der Waals surface area contributed by atoms with Crippen LogP contribution in [-0.2, 0) is 7.05 Å². The molecular formula is C13H12F2N4. The Morgan fingerprint density at radius 3 is 2.58 bits per heavy atom. The lowest BCUT2D eigenvalue weighted by Gasteiger charge is -1.96. The molecule has 3 rings (SSSR count). The molecule has 6 heteroatoms. The summed E-state index contributed by atoms with van der Waals surface area (Å²) in [6.45, 7) is 3.76. The molecule has 0 fully saturated rings. The van der Waals surface area contributed by atoms with Crippen LogP contribution in [0.15, 0.2) is 12.1 Å². The minimum atomic E-state index is -0.670. The molecular weight excluding hydrogens is 250 g/mol. The molecule has 0 aliphatic heterocycles. The first-order valence-corrected chi connectivity index (χ1v) is 5.82. The van der Waals surface area contributed by atoms with Crippen LogP contribution in [0.5, 0.6) is 0 Å². The molecule has 2 heterocycles. The van der Waals surface area contributed by atoms with Crippen LogP contribution in [0.4, 0.5) is 8.78 Å². The summed E-state index contributed by atoms with van der Waals surface area (Å²) < 4.78 is 28.5. The Morgan fingerprint density at radius 2 is 1.95 bits per heavy atom. The highest BCUT2D eigenvalue weighted by atomic mass is 19.1. The number of halogens is 2. The number of aryl methyl sites for hydroxylation is 2. The summed E-state index contributed by atoms with van der Waals surface area (Å²) in [5.41, 5.74) is 3.00. The molecule has 98 valence electrons. The fraction of sp³-hybridized carbons (Fsp3) is 0.231. The number of fused-ring (bicyclic) bond motifs is 1. The van der Waals surface area contributed by atoms with E-state index in [-0.39, 0.29) is 5.52 Å². The average Bonchev–Trinajstić information content (AvgIpc) is 2.81.